The molecule has 2 aliphatic carbocycles. The summed E-state index contributed by atoms with van der Waals surface area (Å²) in [6, 6.07) is 12.1. The number of benzene rings is 2. The lowest BCUT2D eigenvalue weighted by molar-refractivity contribution is -0.130. The monoisotopic (exact) mass is 472 g/mol. The Morgan fingerprint density at radius 1 is 1.06 bits per heavy atom. The third kappa shape index (κ3) is 3.34. The van der Waals surface area contributed by atoms with Crippen LogP contribution in [0.25, 0.3) is 0 Å². The van der Waals surface area contributed by atoms with Crippen molar-refractivity contribution < 1.29 is 14.4 Å². The van der Waals surface area contributed by atoms with Crippen molar-refractivity contribution >= 4 is 46.5 Å². The van der Waals surface area contributed by atoms with Crippen LogP contribution in [-0.4, -0.2) is 17.6 Å². The predicted octanol–water partition coefficient (Wildman–Crippen LogP) is 6.67. The highest BCUT2D eigenvalue weighted by atomic mass is 35.5. The number of nitrogens with zero attached hydrogens (tertiary/aromatic N) is 1. The maximum absolute atomic E-state index is 13.6. The van der Waals surface area contributed by atoms with Gasteiger partial charge in [-0.15, -0.1) is 0 Å². The van der Waals surface area contributed by atoms with Crippen molar-refractivity contribution in [2.24, 2.45) is 21.4 Å². The zero-order chi connectivity index (χ0) is 23.3. The molecule has 0 saturated heterocycles. The molecule has 2 aromatic carbocycles. The predicted molar refractivity (Wildman–Crippen MR) is 127 cm³/mol. The highest BCUT2D eigenvalue weighted by molar-refractivity contribution is 6.33. The lowest BCUT2D eigenvalue weighted by atomic mass is 9.64. The first-order chi connectivity index (χ1) is 15.0. The minimum atomic E-state index is -0.649. The quantitative estimate of drug-likeness (QED) is 0.398. The molecule has 5 nitrogen and oxygen atoms in total. The van der Waals surface area contributed by atoms with Crippen LogP contribution >= 0.6 is 23.2 Å². The van der Waals surface area contributed by atoms with E-state index in [4.69, 9.17) is 28.0 Å². The van der Waals surface area contributed by atoms with E-state index >= 15 is 0 Å². The van der Waals surface area contributed by atoms with Gasteiger partial charge < -0.3 is 10.2 Å². The Hall–Kier alpha value is -2.37. The van der Waals surface area contributed by atoms with E-state index in [1.54, 1.807) is 30.3 Å². The van der Waals surface area contributed by atoms with E-state index in [9.17, 15) is 9.59 Å². The number of rotatable bonds is 4. The number of fused-ring (bicyclic) bond motifs is 2. The molecule has 2 bridgehead atoms. The summed E-state index contributed by atoms with van der Waals surface area (Å²) in [4.78, 5) is 31.4. The molecule has 0 heterocycles. The number of carbonyl (C=O) groups is 2. The zero-order valence-corrected chi connectivity index (χ0v) is 20.1. The summed E-state index contributed by atoms with van der Waals surface area (Å²) in [6.07, 6.45) is 1.97. The molecule has 0 radical (unpaired) electrons. The number of oxime groups is 1. The Balaban J connectivity index is 1.61. The zero-order valence-electron chi connectivity index (χ0n) is 18.6. The maximum atomic E-state index is 13.6. The molecule has 2 aliphatic rings. The Bertz CT molecular complexity index is 1140. The summed E-state index contributed by atoms with van der Waals surface area (Å²) in [7, 11) is 0. The topological polar surface area (TPSA) is 67.8 Å². The van der Waals surface area contributed by atoms with Crippen molar-refractivity contribution in [1.82, 2.24) is 0 Å². The standard InChI is InChI=1S/C25H26Cl2N2O3/c1-15-13-16(26)9-10-19(15)28-22(31)25-12-11-24(4,23(25,2)3)20(14-25)29-32-21(30)17-7-5-6-8-18(17)27/h5-10,13H,11-12,14H2,1-4H3,(H,28,31). The van der Waals surface area contributed by atoms with Gasteiger partial charge in [-0.05, 0) is 61.1 Å². The first kappa shape index (κ1) is 22.8. The highest BCUT2D eigenvalue weighted by Gasteiger charge is 2.71. The van der Waals surface area contributed by atoms with Gasteiger partial charge in [0.1, 0.15) is 0 Å². The van der Waals surface area contributed by atoms with Crippen molar-refractivity contribution in [3.8, 4) is 0 Å². The third-order valence-electron chi connectivity index (χ3n) is 7.94. The molecule has 2 fully saturated rings. The van der Waals surface area contributed by atoms with Crippen molar-refractivity contribution in [2.45, 2.75) is 47.0 Å². The first-order valence-electron chi connectivity index (χ1n) is 10.6. The third-order valence-corrected chi connectivity index (χ3v) is 8.50. The normalized spacial score (nSPS) is 26.9. The van der Waals surface area contributed by atoms with Crippen molar-refractivity contribution in [3.05, 3.63) is 63.6 Å². The molecule has 7 heteroatoms. The molecule has 1 N–H and O–H groups in total. The maximum Gasteiger partial charge on any atom is 0.367 e. The van der Waals surface area contributed by atoms with E-state index < -0.39 is 11.4 Å². The van der Waals surface area contributed by atoms with Gasteiger partial charge in [-0.25, -0.2) is 4.79 Å². The minimum absolute atomic E-state index is 0.0423. The Morgan fingerprint density at radius 2 is 1.78 bits per heavy atom. The van der Waals surface area contributed by atoms with Gasteiger partial charge >= 0.3 is 5.97 Å². The van der Waals surface area contributed by atoms with Crippen molar-refractivity contribution in [2.75, 3.05) is 5.32 Å². The number of carbonyl (C=O) groups excluding carboxylic acids is 2. The first-order valence-corrected chi connectivity index (χ1v) is 11.4. The fourth-order valence-electron chi connectivity index (χ4n) is 5.30. The van der Waals surface area contributed by atoms with E-state index in [0.29, 0.717) is 16.5 Å². The molecule has 1 amide bonds. The number of amides is 1. The molecule has 168 valence electrons. The minimum Gasteiger partial charge on any atom is -0.325 e. The summed E-state index contributed by atoms with van der Waals surface area (Å²) in [5.74, 6) is -0.651. The Morgan fingerprint density at radius 3 is 2.47 bits per heavy atom. The van der Waals surface area contributed by atoms with Gasteiger partial charge in [0.05, 0.1) is 21.7 Å². The van der Waals surface area contributed by atoms with Crippen LogP contribution in [0, 0.1) is 23.2 Å². The number of hydrogen-bond donors (Lipinski definition) is 1. The molecule has 0 spiro atoms. The van der Waals surface area contributed by atoms with Gasteiger partial charge in [-0.1, -0.05) is 61.3 Å². The second kappa shape index (κ2) is 7.89. The second-order valence-corrected chi connectivity index (χ2v) is 10.4. The van der Waals surface area contributed by atoms with E-state index in [1.807, 2.05) is 19.1 Å². The number of anilines is 1. The van der Waals surface area contributed by atoms with Crippen LogP contribution in [-0.2, 0) is 9.63 Å². The van der Waals surface area contributed by atoms with Crippen LogP contribution in [0.5, 0.6) is 0 Å². The summed E-state index contributed by atoms with van der Waals surface area (Å²) < 4.78 is 0. The molecule has 2 saturated carbocycles. The van der Waals surface area contributed by atoms with Gasteiger partial charge in [-0.2, -0.15) is 0 Å². The molecule has 2 unspecified atom stereocenters. The molecule has 0 aliphatic heterocycles. The number of nitrogens with one attached hydrogen (secondary N) is 1. The molecule has 2 atom stereocenters. The number of aryl methyl sites for hydroxylation is 1. The van der Waals surface area contributed by atoms with Crippen LogP contribution in [0.4, 0.5) is 5.69 Å². The highest BCUT2D eigenvalue weighted by Crippen LogP contribution is 2.71. The summed E-state index contributed by atoms with van der Waals surface area (Å²) >= 11 is 12.2. The fraction of sp³-hybridized carbons (Fsp3) is 0.400. The summed E-state index contributed by atoms with van der Waals surface area (Å²) in [6.45, 7) is 8.23. The molecule has 2 aromatic rings. The summed E-state index contributed by atoms with van der Waals surface area (Å²) in [5.41, 5.74) is 1.26. The van der Waals surface area contributed by atoms with Gasteiger partial charge in [-0.3, -0.25) is 4.79 Å². The average Bonchev–Trinajstić information content (AvgIpc) is 3.05. The van der Waals surface area contributed by atoms with E-state index in [0.717, 1.165) is 29.8 Å². The van der Waals surface area contributed by atoms with E-state index in [1.165, 1.54) is 0 Å². The fourth-order valence-corrected chi connectivity index (χ4v) is 5.74. The second-order valence-electron chi connectivity index (χ2n) is 9.53. The number of halogens is 2. The smallest absolute Gasteiger partial charge is 0.325 e. The van der Waals surface area contributed by atoms with Gasteiger partial charge in [0, 0.05) is 22.5 Å². The van der Waals surface area contributed by atoms with Crippen molar-refractivity contribution in [3.63, 3.8) is 0 Å². The van der Waals surface area contributed by atoms with Gasteiger partial charge in [0.15, 0.2) is 0 Å². The Kier molecular flexibility index (Phi) is 5.62. The van der Waals surface area contributed by atoms with E-state index in [-0.39, 0.29) is 22.3 Å². The molecular weight excluding hydrogens is 447 g/mol. The molecule has 4 rings (SSSR count). The lowest BCUT2D eigenvalue weighted by Gasteiger charge is -2.39. The molecule has 0 aromatic heterocycles. The molecular formula is C25H26Cl2N2O3. The van der Waals surface area contributed by atoms with Crippen LogP contribution in [0.1, 0.15) is 56.0 Å². The summed E-state index contributed by atoms with van der Waals surface area (Å²) in [5, 5.41) is 8.32. The van der Waals surface area contributed by atoms with Gasteiger partial charge in [0.2, 0.25) is 5.91 Å². The average molecular weight is 473 g/mol. The van der Waals surface area contributed by atoms with E-state index in [2.05, 4.69) is 31.2 Å². The van der Waals surface area contributed by atoms with Crippen LogP contribution in [0.15, 0.2) is 47.6 Å². The van der Waals surface area contributed by atoms with Crippen LogP contribution in [0.3, 0.4) is 0 Å². The van der Waals surface area contributed by atoms with Gasteiger partial charge in [0.25, 0.3) is 0 Å². The largest absolute Gasteiger partial charge is 0.367 e. The SMILES string of the molecule is Cc1cc(Cl)ccc1NC(=O)C12CCC(C)(C(=NOC(=O)c3ccccc3Cl)C1)C2(C)C. The number of hydrogen-bond acceptors (Lipinski definition) is 4. The van der Waals surface area contributed by atoms with Crippen molar-refractivity contribution in [1.29, 1.82) is 0 Å². The van der Waals surface area contributed by atoms with Crippen LogP contribution in [0.2, 0.25) is 10.0 Å². The molecule has 32 heavy (non-hydrogen) atoms. The lowest BCUT2D eigenvalue weighted by Crippen LogP contribution is -2.43. The Labute approximate surface area is 198 Å². The van der Waals surface area contributed by atoms with Crippen LogP contribution < -0.4 is 5.32 Å².